The van der Waals surface area contributed by atoms with E-state index < -0.39 is 0 Å². The highest BCUT2D eigenvalue weighted by Crippen LogP contribution is 2.31. The number of rotatable bonds is 3. The second-order valence-electron chi connectivity index (χ2n) is 4.61. The first-order chi connectivity index (χ1) is 8.00. The van der Waals surface area contributed by atoms with Crippen molar-refractivity contribution in [3.05, 3.63) is 29.7 Å². The lowest BCUT2D eigenvalue weighted by Crippen LogP contribution is -2.14. The second kappa shape index (κ2) is 4.37. The van der Waals surface area contributed by atoms with E-state index in [9.17, 15) is 9.50 Å². The normalized spacial score (nSPS) is 11.6. The molecule has 0 unspecified atom stereocenters. The van der Waals surface area contributed by atoms with E-state index >= 15 is 0 Å². The fourth-order valence-electron chi connectivity index (χ4n) is 2.11. The highest BCUT2D eigenvalue weighted by atomic mass is 19.1. The molecule has 0 aliphatic carbocycles. The third-order valence-corrected chi connectivity index (χ3v) is 2.96. The molecule has 2 aromatic rings. The van der Waals surface area contributed by atoms with Crippen molar-refractivity contribution < 1.29 is 9.50 Å². The summed E-state index contributed by atoms with van der Waals surface area (Å²) in [6.45, 7) is 0.870. The lowest BCUT2D eigenvalue weighted by Gasteiger charge is -2.08. The van der Waals surface area contributed by atoms with Crippen LogP contribution < -0.4 is 0 Å². The van der Waals surface area contributed by atoms with E-state index in [1.165, 1.54) is 12.1 Å². The molecule has 0 amide bonds. The van der Waals surface area contributed by atoms with Crippen LogP contribution in [0.2, 0.25) is 0 Å². The maximum absolute atomic E-state index is 13.7. The Morgan fingerprint density at radius 3 is 2.71 bits per heavy atom. The molecule has 2 rings (SSSR count). The van der Waals surface area contributed by atoms with Gasteiger partial charge in [0.1, 0.15) is 11.6 Å². The van der Waals surface area contributed by atoms with Crippen LogP contribution in [0.3, 0.4) is 0 Å². The molecule has 0 aliphatic rings. The Kier molecular flexibility index (Phi) is 3.07. The minimum Gasteiger partial charge on any atom is -0.507 e. The van der Waals surface area contributed by atoms with Crippen LogP contribution in [0.15, 0.2) is 18.3 Å². The highest BCUT2D eigenvalue weighted by molar-refractivity contribution is 5.90. The fourth-order valence-corrected chi connectivity index (χ4v) is 2.11. The standard InChI is InChI=1S/C13H17FN2O/c1-15(2)7-6-9-8-16(3)13-10(14)4-5-11(17)12(9)13/h4-5,8,17H,6-7H2,1-3H3. The number of aromatic hydroxyl groups is 1. The lowest BCUT2D eigenvalue weighted by molar-refractivity contribution is 0.413. The second-order valence-corrected chi connectivity index (χ2v) is 4.61. The molecule has 1 heterocycles. The Morgan fingerprint density at radius 2 is 2.06 bits per heavy atom. The van der Waals surface area contributed by atoms with Gasteiger partial charge >= 0.3 is 0 Å². The lowest BCUT2D eigenvalue weighted by atomic mass is 10.1. The average molecular weight is 236 g/mol. The van der Waals surface area contributed by atoms with Gasteiger partial charge in [-0.3, -0.25) is 0 Å². The molecular formula is C13H17FN2O. The maximum Gasteiger partial charge on any atom is 0.147 e. The van der Waals surface area contributed by atoms with Crippen LogP contribution in [0, 0.1) is 5.82 Å². The topological polar surface area (TPSA) is 28.4 Å². The van der Waals surface area contributed by atoms with Gasteiger partial charge in [0.25, 0.3) is 0 Å². The van der Waals surface area contributed by atoms with Gasteiger partial charge in [-0.15, -0.1) is 0 Å². The molecule has 0 saturated carbocycles. The number of likely N-dealkylation sites (N-methyl/N-ethyl adjacent to an activating group) is 1. The van der Waals surface area contributed by atoms with Crippen molar-refractivity contribution in [3.63, 3.8) is 0 Å². The molecule has 4 heteroatoms. The summed E-state index contributed by atoms with van der Waals surface area (Å²) >= 11 is 0. The molecule has 17 heavy (non-hydrogen) atoms. The number of hydrogen-bond donors (Lipinski definition) is 1. The Bertz CT molecular complexity index is 546. The predicted molar refractivity (Wildman–Crippen MR) is 66.8 cm³/mol. The minimum atomic E-state index is -0.295. The highest BCUT2D eigenvalue weighted by Gasteiger charge is 2.14. The first kappa shape index (κ1) is 11.9. The zero-order valence-electron chi connectivity index (χ0n) is 10.4. The summed E-state index contributed by atoms with van der Waals surface area (Å²) in [5, 5.41) is 10.5. The molecule has 0 spiro atoms. The number of halogens is 1. The molecule has 0 atom stereocenters. The van der Waals surface area contributed by atoms with Gasteiger partial charge in [-0.2, -0.15) is 0 Å². The SMILES string of the molecule is CN(C)CCc1cn(C)c2c(F)ccc(O)c12. The third-order valence-electron chi connectivity index (χ3n) is 2.96. The largest absolute Gasteiger partial charge is 0.507 e. The van der Waals surface area contributed by atoms with E-state index in [4.69, 9.17) is 0 Å². The van der Waals surface area contributed by atoms with Crippen molar-refractivity contribution in [2.75, 3.05) is 20.6 Å². The molecule has 3 nitrogen and oxygen atoms in total. The molecule has 0 bridgehead atoms. The van der Waals surface area contributed by atoms with Gasteiger partial charge in [-0.25, -0.2) is 4.39 Å². The van der Waals surface area contributed by atoms with Gasteiger partial charge in [0.15, 0.2) is 0 Å². The Hall–Kier alpha value is -1.55. The van der Waals surface area contributed by atoms with Crippen LogP contribution in [-0.2, 0) is 13.5 Å². The van der Waals surface area contributed by atoms with Gasteiger partial charge < -0.3 is 14.6 Å². The predicted octanol–water partition coefficient (Wildman–Crippen LogP) is 2.13. The van der Waals surface area contributed by atoms with Crippen LogP contribution in [0.4, 0.5) is 4.39 Å². The number of hydrogen-bond acceptors (Lipinski definition) is 2. The summed E-state index contributed by atoms with van der Waals surface area (Å²) in [6, 6.07) is 2.71. The molecular weight excluding hydrogens is 219 g/mol. The Labute approximate surface area is 100 Å². The van der Waals surface area contributed by atoms with Crippen molar-refractivity contribution in [1.29, 1.82) is 0 Å². The smallest absolute Gasteiger partial charge is 0.147 e. The maximum atomic E-state index is 13.7. The van der Waals surface area contributed by atoms with Crippen LogP contribution in [0.1, 0.15) is 5.56 Å². The first-order valence-corrected chi connectivity index (χ1v) is 5.61. The van der Waals surface area contributed by atoms with Gasteiger partial charge in [0.2, 0.25) is 0 Å². The van der Waals surface area contributed by atoms with Crippen molar-refractivity contribution in [1.82, 2.24) is 9.47 Å². The third kappa shape index (κ3) is 2.13. The number of aryl methyl sites for hydroxylation is 1. The van der Waals surface area contributed by atoms with Gasteiger partial charge in [0.05, 0.1) is 5.52 Å². The summed E-state index contributed by atoms with van der Waals surface area (Å²) in [5.74, 6) is -0.146. The van der Waals surface area contributed by atoms with E-state index in [1.807, 2.05) is 20.3 Å². The first-order valence-electron chi connectivity index (χ1n) is 5.61. The zero-order chi connectivity index (χ0) is 12.6. The van der Waals surface area contributed by atoms with Gasteiger partial charge in [-0.1, -0.05) is 0 Å². The molecule has 0 saturated heterocycles. The number of fused-ring (bicyclic) bond motifs is 1. The zero-order valence-corrected chi connectivity index (χ0v) is 10.4. The number of benzene rings is 1. The van der Waals surface area contributed by atoms with E-state index in [2.05, 4.69) is 4.90 Å². The van der Waals surface area contributed by atoms with Crippen LogP contribution in [0.25, 0.3) is 10.9 Å². The quantitative estimate of drug-likeness (QED) is 0.884. The summed E-state index contributed by atoms with van der Waals surface area (Å²) in [6.07, 6.45) is 2.68. The van der Waals surface area contributed by atoms with Gasteiger partial charge in [-0.05, 0) is 38.2 Å². The van der Waals surface area contributed by atoms with Crippen molar-refractivity contribution in [2.45, 2.75) is 6.42 Å². The van der Waals surface area contributed by atoms with E-state index in [1.54, 1.807) is 11.6 Å². The average Bonchev–Trinajstić information content (AvgIpc) is 2.59. The number of aromatic nitrogens is 1. The number of phenols is 1. The molecule has 1 N–H and O–H groups in total. The van der Waals surface area contributed by atoms with Gasteiger partial charge in [0, 0.05) is 25.2 Å². The van der Waals surface area contributed by atoms with Crippen molar-refractivity contribution in [3.8, 4) is 5.75 Å². The number of phenolic OH excluding ortho intramolecular Hbond substituents is 1. The molecule has 92 valence electrons. The summed E-state index contributed by atoms with van der Waals surface area (Å²) in [5.41, 5.74) is 1.45. The Balaban J connectivity index is 2.54. The summed E-state index contributed by atoms with van der Waals surface area (Å²) in [4.78, 5) is 2.06. The van der Waals surface area contributed by atoms with Crippen LogP contribution >= 0.6 is 0 Å². The van der Waals surface area contributed by atoms with E-state index in [0.717, 1.165) is 18.5 Å². The molecule has 0 aliphatic heterocycles. The fraction of sp³-hybridized carbons (Fsp3) is 0.385. The van der Waals surface area contributed by atoms with Crippen LogP contribution in [0.5, 0.6) is 5.75 Å². The molecule has 0 radical (unpaired) electrons. The van der Waals surface area contributed by atoms with Crippen LogP contribution in [-0.4, -0.2) is 35.2 Å². The monoisotopic (exact) mass is 236 g/mol. The van der Waals surface area contributed by atoms with Crippen molar-refractivity contribution in [2.24, 2.45) is 7.05 Å². The van der Waals surface area contributed by atoms with E-state index in [0.29, 0.717) is 10.9 Å². The molecule has 0 fully saturated rings. The molecule has 1 aromatic carbocycles. The minimum absolute atomic E-state index is 0.149. The molecule has 1 aromatic heterocycles. The number of nitrogens with zero attached hydrogens (tertiary/aromatic N) is 2. The van der Waals surface area contributed by atoms with Crippen molar-refractivity contribution >= 4 is 10.9 Å². The van der Waals surface area contributed by atoms with E-state index in [-0.39, 0.29) is 11.6 Å². The summed E-state index contributed by atoms with van der Waals surface area (Å²) in [7, 11) is 5.78. The Morgan fingerprint density at radius 1 is 1.35 bits per heavy atom. The summed E-state index contributed by atoms with van der Waals surface area (Å²) < 4.78 is 15.4.